The molecule has 0 radical (unpaired) electrons. The molecule has 0 aromatic heterocycles. The molecule has 0 saturated carbocycles. The molecule has 0 aliphatic heterocycles. The summed E-state index contributed by atoms with van der Waals surface area (Å²) in [7, 11) is 4.41. The van der Waals surface area contributed by atoms with Gasteiger partial charge in [-0.15, -0.1) is 0 Å². The van der Waals surface area contributed by atoms with Gasteiger partial charge in [-0.25, -0.2) is 0 Å². The van der Waals surface area contributed by atoms with E-state index in [2.05, 4.69) is 0 Å². The molecule has 2 aromatic rings. The zero-order valence-corrected chi connectivity index (χ0v) is 21.9. The fourth-order valence-electron chi connectivity index (χ4n) is 3.35. The predicted molar refractivity (Wildman–Crippen MR) is 138 cm³/mol. The van der Waals surface area contributed by atoms with Crippen LogP contribution in [-0.2, 0) is 14.2 Å². The van der Waals surface area contributed by atoms with E-state index < -0.39 is 18.9 Å². The summed E-state index contributed by atoms with van der Waals surface area (Å²) in [5.74, 6) is 1.36. The van der Waals surface area contributed by atoms with Crippen LogP contribution in [0, 0.1) is 20.8 Å². The first-order valence-corrected chi connectivity index (χ1v) is 11.7. The van der Waals surface area contributed by atoms with Crippen LogP contribution in [0.4, 0.5) is 0 Å². The Bertz CT molecular complexity index is 910. The number of aryl methyl sites for hydroxylation is 3. The third-order valence-electron chi connectivity index (χ3n) is 5.07. The summed E-state index contributed by atoms with van der Waals surface area (Å²) in [5, 5.41) is 0.615. The number of ether oxygens (including phenoxy) is 6. The van der Waals surface area contributed by atoms with Gasteiger partial charge in [0.25, 0.3) is 0 Å². The Hall–Kier alpha value is -1.58. The van der Waals surface area contributed by atoms with Crippen LogP contribution in [0.2, 0.25) is 0 Å². The quantitative estimate of drug-likeness (QED) is 0.253. The van der Waals surface area contributed by atoms with E-state index in [-0.39, 0.29) is 33.0 Å². The first-order chi connectivity index (χ1) is 15.6. The van der Waals surface area contributed by atoms with Crippen molar-refractivity contribution in [2.45, 2.75) is 60.4 Å². The molecule has 0 amide bonds. The maximum atomic E-state index is 13.5. The molecule has 4 atom stereocenters. The molecule has 4 unspecified atom stereocenters. The van der Waals surface area contributed by atoms with E-state index in [1.165, 1.54) is 0 Å². The summed E-state index contributed by atoms with van der Waals surface area (Å²) in [5.41, 5.74) is 3.71. The minimum atomic E-state index is -0.547. The van der Waals surface area contributed by atoms with E-state index in [4.69, 9.17) is 28.4 Å². The Labute approximate surface area is 216 Å². The van der Waals surface area contributed by atoms with Crippen LogP contribution >= 0.6 is 8.58 Å². The van der Waals surface area contributed by atoms with Crippen LogP contribution in [0.15, 0.2) is 24.3 Å². The Balaban J connectivity index is 0.00000578. The average molecular weight is 486 g/mol. The molecule has 0 fully saturated rings. The van der Waals surface area contributed by atoms with Crippen molar-refractivity contribution in [3.8, 4) is 17.2 Å². The summed E-state index contributed by atoms with van der Waals surface area (Å²) < 4.78 is 33.7. The molecule has 2 rings (SSSR count). The second kappa shape index (κ2) is 14.1. The Kier molecular flexibility index (Phi) is 12.6. The molecule has 2 aromatic carbocycles. The zero-order chi connectivity index (χ0) is 24.7. The molecule has 0 aliphatic carbocycles. The molecule has 0 aliphatic rings. The zero-order valence-electron chi connectivity index (χ0n) is 20.9. The fourth-order valence-corrected chi connectivity index (χ4v) is 4.61. The summed E-state index contributed by atoms with van der Waals surface area (Å²) in [6, 6.07) is 7.48. The standard InChI is InChI=1S/C25H35O7P.Li.H/c1-14-10-15(2)23(16(3)11-14)25(26)33-24-21(31-18(5)28-8)12-20(30-17(4)27-7)13-22(24)32-19(6)29-9;;/h10-13,17-19,33H,1-9H3;;. The molecule has 0 bridgehead atoms. The van der Waals surface area contributed by atoms with Crippen molar-refractivity contribution in [2.75, 3.05) is 21.3 Å². The van der Waals surface area contributed by atoms with Crippen LogP contribution in [-0.4, -0.2) is 64.6 Å². The van der Waals surface area contributed by atoms with Crippen molar-refractivity contribution in [3.63, 3.8) is 0 Å². The topological polar surface area (TPSA) is 72.5 Å². The normalized spacial score (nSPS) is 13.8. The Morgan fingerprint density at radius 3 is 1.56 bits per heavy atom. The summed E-state index contributed by atoms with van der Waals surface area (Å²) in [6.07, 6.45) is -1.58. The first kappa shape index (κ1) is 30.4. The molecular weight excluding hydrogens is 450 g/mol. The molecule has 7 nitrogen and oxygen atoms in total. The number of carbonyl (C=O) groups excluding carboxylic acids is 1. The predicted octanol–water partition coefficient (Wildman–Crippen LogP) is 4.22. The van der Waals surface area contributed by atoms with E-state index >= 15 is 0 Å². The number of methoxy groups -OCH3 is 3. The van der Waals surface area contributed by atoms with E-state index in [0.717, 1.165) is 16.7 Å². The van der Waals surface area contributed by atoms with Gasteiger partial charge in [-0.2, -0.15) is 0 Å². The van der Waals surface area contributed by atoms with Crippen LogP contribution in [0.3, 0.4) is 0 Å². The van der Waals surface area contributed by atoms with Gasteiger partial charge >= 0.3 is 18.9 Å². The SMILES string of the molecule is COC(C)Oc1cc(OC(C)OC)c(PC(=O)c2c(C)cc(C)cc2C)c(OC(C)OC)c1.[LiH]. The van der Waals surface area contributed by atoms with Gasteiger partial charge in [0.1, 0.15) is 17.2 Å². The van der Waals surface area contributed by atoms with Crippen molar-refractivity contribution in [1.29, 1.82) is 0 Å². The van der Waals surface area contributed by atoms with Gasteiger partial charge in [-0.05, 0) is 61.3 Å². The fraction of sp³-hybridized carbons (Fsp3) is 0.480. The van der Waals surface area contributed by atoms with Gasteiger partial charge in [0.2, 0.25) is 0 Å². The third-order valence-corrected chi connectivity index (χ3v) is 6.29. The molecule has 34 heavy (non-hydrogen) atoms. The number of carbonyl (C=O) groups is 1. The van der Waals surface area contributed by atoms with Crippen molar-refractivity contribution >= 4 is 38.3 Å². The monoisotopic (exact) mass is 486 g/mol. The summed E-state index contributed by atoms with van der Waals surface area (Å²) in [6.45, 7) is 11.2. The van der Waals surface area contributed by atoms with Crippen molar-refractivity contribution in [3.05, 3.63) is 46.5 Å². The second-order valence-electron chi connectivity index (χ2n) is 7.79. The van der Waals surface area contributed by atoms with Gasteiger partial charge < -0.3 is 28.4 Å². The van der Waals surface area contributed by atoms with Gasteiger partial charge in [0, 0.05) is 39.0 Å². The summed E-state index contributed by atoms with van der Waals surface area (Å²) in [4.78, 5) is 13.5. The third kappa shape index (κ3) is 8.27. The molecule has 0 N–H and O–H groups in total. The molecule has 0 spiro atoms. The van der Waals surface area contributed by atoms with Crippen LogP contribution in [0.25, 0.3) is 0 Å². The average Bonchev–Trinajstić information content (AvgIpc) is 2.74. The van der Waals surface area contributed by atoms with Crippen LogP contribution < -0.4 is 19.5 Å². The molecule has 0 heterocycles. The molecule has 0 saturated heterocycles. The number of rotatable bonds is 12. The van der Waals surface area contributed by atoms with Crippen molar-refractivity contribution in [2.24, 2.45) is 0 Å². The number of benzene rings is 2. The van der Waals surface area contributed by atoms with Gasteiger partial charge in [-0.1, -0.05) is 17.7 Å². The van der Waals surface area contributed by atoms with Crippen molar-refractivity contribution in [1.82, 2.24) is 0 Å². The van der Waals surface area contributed by atoms with E-state index in [9.17, 15) is 4.79 Å². The van der Waals surface area contributed by atoms with E-state index in [1.54, 1.807) is 54.2 Å². The van der Waals surface area contributed by atoms with E-state index in [1.807, 2.05) is 32.9 Å². The van der Waals surface area contributed by atoms with Gasteiger partial charge in [0.05, 0.1) is 5.30 Å². The molecule has 184 valence electrons. The number of hydrogen-bond donors (Lipinski definition) is 0. The Morgan fingerprint density at radius 2 is 1.15 bits per heavy atom. The maximum absolute atomic E-state index is 13.5. The number of hydrogen-bond acceptors (Lipinski definition) is 7. The van der Waals surface area contributed by atoms with Crippen molar-refractivity contribution < 1.29 is 33.2 Å². The van der Waals surface area contributed by atoms with Gasteiger partial charge in [0.15, 0.2) is 24.4 Å². The van der Waals surface area contributed by atoms with Crippen LogP contribution in [0.5, 0.6) is 17.2 Å². The second-order valence-corrected chi connectivity index (χ2v) is 8.99. The minimum absolute atomic E-state index is 0. The Morgan fingerprint density at radius 1 is 0.735 bits per heavy atom. The van der Waals surface area contributed by atoms with Gasteiger partial charge in [-0.3, -0.25) is 4.79 Å². The van der Waals surface area contributed by atoms with E-state index in [0.29, 0.717) is 28.1 Å². The molecule has 9 heteroatoms. The summed E-state index contributed by atoms with van der Waals surface area (Å²) >= 11 is 0. The first-order valence-electron chi connectivity index (χ1n) is 10.7. The molecular formula is C25H36LiO7P. The van der Waals surface area contributed by atoms with Crippen LogP contribution in [0.1, 0.15) is 47.8 Å².